The van der Waals surface area contributed by atoms with Crippen LogP contribution in [-0.2, 0) is 0 Å². The van der Waals surface area contributed by atoms with Crippen molar-refractivity contribution >= 4 is 43.1 Å². The number of benzene rings is 7. The van der Waals surface area contributed by atoms with Crippen molar-refractivity contribution < 1.29 is 0 Å². The quantitative estimate of drug-likeness (QED) is 0.180. The molecule has 0 spiro atoms. The lowest BCUT2D eigenvalue weighted by molar-refractivity contribution is 1.66. The maximum atomic E-state index is 2.41. The lowest BCUT2D eigenvalue weighted by Crippen LogP contribution is -1.86. The van der Waals surface area contributed by atoms with Gasteiger partial charge in [-0.1, -0.05) is 91.0 Å². The first-order valence-electron chi connectivity index (χ1n) is 11.9. The molecule has 0 amide bonds. The molecule has 7 aromatic carbocycles. The van der Waals surface area contributed by atoms with E-state index in [2.05, 4.69) is 121 Å². The van der Waals surface area contributed by atoms with Crippen molar-refractivity contribution in [1.82, 2.24) is 0 Å². The van der Waals surface area contributed by atoms with Crippen LogP contribution in [0, 0.1) is 0 Å². The molecule has 8 rings (SSSR count). The molecule has 0 heterocycles. The molecule has 0 heteroatoms. The predicted molar refractivity (Wildman–Crippen MR) is 146 cm³/mol. The summed E-state index contributed by atoms with van der Waals surface area (Å²) in [5.74, 6) is 0. The Labute approximate surface area is 197 Å². The van der Waals surface area contributed by atoms with Crippen LogP contribution in [0.4, 0.5) is 0 Å². The van der Waals surface area contributed by atoms with Gasteiger partial charge in [-0.3, -0.25) is 0 Å². The molecule has 1 aliphatic carbocycles. The first-order chi connectivity index (χ1) is 16.8. The van der Waals surface area contributed by atoms with Crippen LogP contribution < -0.4 is 0 Å². The maximum Gasteiger partial charge on any atom is -0.00137 e. The van der Waals surface area contributed by atoms with Crippen molar-refractivity contribution in [3.05, 3.63) is 121 Å². The predicted octanol–water partition coefficient (Wildman–Crippen LogP) is 9.61. The molecule has 0 unspecified atom stereocenters. The Balaban J connectivity index is 1.54. The third-order valence-electron chi connectivity index (χ3n) is 7.51. The molecule has 0 fully saturated rings. The third kappa shape index (κ3) is 2.37. The van der Waals surface area contributed by atoms with Crippen molar-refractivity contribution in [1.29, 1.82) is 0 Å². The van der Waals surface area contributed by atoms with Crippen molar-refractivity contribution in [2.75, 3.05) is 0 Å². The highest BCUT2D eigenvalue weighted by atomic mass is 14.3. The van der Waals surface area contributed by atoms with E-state index in [1.165, 1.54) is 76.5 Å². The molecular weight excluding hydrogens is 408 g/mol. The number of hydrogen-bond acceptors (Lipinski definition) is 0. The van der Waals surface area contributed by atoms with Crippen LogP contribution in [0.25, 0.3) is 76.5 Å². The molecule has 0 atom stereocenters. The highest BCUT2D eigenvalue weighted by molar-refractivity contribution is 6.28. The van der Waals surface area contributed by atoms with Gasteiger partial charge in [-0.2, -0.15) is 0 Å². The fraction of sp³-hybridized carbons (Fsp3) is 0. The monoisotopic (exact) mass is 428 g/mol. The summed E-state index contributed by atoms with van der Waals surface area (Å²) in [4.78, 5) is 0. The summed E-state index contributed by atoms with van der Waals surface area (Å²) in [5, 5.41) is 10.6. The lowest BCUT2D eigenvalue weighted by atomic mass is 9.90. The van der Waals surface area contributed by atoms with Gasteiger partial charge in [0.25, 0.3) is 0 Å². The van der Waals surface area contributed by atoms with Gasteiger partial charge in [0, 0.05) is 0 Å². The minimum absolute atomic E-state index is 1.27. The van der Waals surface area contributed by atoms with E-state index in [0.29, 0.717) is 0 Å². The number of hydrogen-bond donors (Lipinski definition) is 0. The van der Waals surface area contributed by atoms with Crippen molar-refractivity contribution in [3.63, 3.8) is 0 Å². The Morgan fingerprint density at radius 1 is 0.294 bits per heavy atom. The Kier molecular flexibility index (Phi) is 3.48. The van der Waals surface area contributed by atoms with Gasteiger partial charge in [-0.05, 0) is 107 Å². The summed E-state index contributed by atoms with van der Waals surface area (Å²) in [5.41, 5.74) is 7.97. The van der Waals surface area contributed by atoms with Crippen LogP contribution in [0.5, 0.6) is 0 Å². The molecule has 0 bridgehead atoms. The number of fused-ring (bicyclic) bond motifs is 7. The standard InChI is InChI=1S/C34H20/c1-2-8-21(9-3-1)28-14-15-29-30-19-25-16-22-10-4-5-11-23(22)17-26(25)20-31(30)32-18-24-12-6-7-13-27(24)33(28)34(29)32/h1-20H. The van der Waals surface area contributed by atoms with E-state index in [0.717, 1.165) is 0 Å². The minimum atomic E-state index is 1.27. The summed E-state index contributed by atoms with van der Waals surface area (Å²) in [6.45, 7) is 0. The first-order valence-corrected chi connectivity index (χ1v) is 11.9. The second-order valence-corrected chi connectivity index (χ2v) is 9.37. The van der Waals surface area contributed by atoms with Crippen molar-refractivity contribution in [2.24, 2.45) is 0 Å². The van der Waals surface area contributed by atoms with E-state index in [9.17, 15) is 0 Å². The molecule has 156 valence electrons. The summed E-state index contributed by atoms with van der Waals surface area (Å²) in [6, 6.07) is 44.8. The Morgan fingerprint density at radius 3 is 1.59 bits per heavy atom. The normalized spacial score (nSPS) is 12.1. The molecule has 0 radical (unpaired) electrons. The van der Waals surface area contributed by atoms with E-state index >= 15 is 0 Å². The van der Waals surface area contributed by atoms with Crippen molar-refractivity contribution in [3.8, 4) is 33.4 Å². The summed E-state index contributed by atoms with van der Waals surface area (Å²) in [7, 11) is 0. The zero-order valence-electron chi connectivity index (χ0n) is 18.5. The van der Waals surface area contributed by atoms with Crippen LogP contribution >= 0.6 is 0 Å². The molecule has 7 aromatic rings. The summed E-state index contributed by atoms with van der Waals surface area (Å²) in [6.07, 6.45) is 0. The van der Waals surface area contributed by atoms with Gasteiger partial charge in [-0.25, -0.2) is 0 Å². The second-order valence-electron chi connectivity index (χ2n) is 9.37. The van der Waals surface area contributed by atoms with Gasteiger partial charge in [0.1, 0.15) is 0 Å². The highest BCUT2D eigenvalue weighted by Crippen LogP contribution is 2.52. The lowest BCUT2D eigenvalue weighted by Gasteiger charge is -2.13. The zero-order valence-corrected chi connectivity index (χ0v) is 18.5. The smallest absolute Gasteiger partial charge is 0.00137 e. The number of rotatable bonds is 1. The van der Waals surface area contributed by atoms with E-state index in [-0.39, 0.29) is 0 Å². The fourth-order valence-electron chi connectivity index (χ4n) is 5.97. The Bertz CT molecular complexity index is 1940. The van der Waals surface area contributed by atoms with E-state index < -0.39 is 0 Å². The highest BCUT2D eigenvalue weighted by Gasteiger charge is 2.25. The van der Waals surface area contributed by atoms with E-state index in [4.69, 9.17) is 0 Å². The molecule has 0 nitrogen and oxygen atoms in total. The Hall–Kier alpha value is -4.42. The van der Waals surface area contributed by atoms with Crippen LogP contribution in [0.15, 0.2) is 121 Å². The van der Waals surface area contributed by atoms with Gasteiger partial charge in [0.2, 0.25) is 0 Å². The molecule has 0 aromatic heterocycles. The molecule has 0 aliphatic heterocycles. The van der Waals surface area contributed by atoms with Crippen LogP contribution in [0.3, 0.4) is 0 Å². The van der Waals surface area contributed by atoms with Crippen LogP contribution in [0.1, 0.15) is 0 Å². The average Bonchev–Trinajstić information content (AvgIpc) is 3.20. The minimum Gasteiger partial charge on any atom is -0.0622 e. The van der Waals surface area contributed by atoms with Gasteiger partial charge >= 0.3 is 0 Å². The second kappa shape index (κ2) is 6.56. The molecule has 0 saturated heterocycles. The SMILES string of the molecule is c1ccc(-c2ccc3c4c(cc5ccccc5c24)-c2cc4cc5ccccc5cc4cc2-3)cc1. The van der Waals surface area contributed by atoms with E-state index in [1.807, 2.05) is 0 Å². The largest absolute Gasteiger partial charge is 0.0622 e. The summed E-state index contributed by atoms with van der Waals surface area (Å²) >= 11 is 0. The molecule has 0 saturated carbocycles. The van der Waals surface area contributed by atoms with Crippen molar-refractivity contribution in [2.45, 2.75) is 0 Å². The van der Waals surface area contributed by atoms with Crippen LogP contribution in [-0.4, -0.2) is 0 Å². The van der Waals surface area contributed by atoms with Crippen LogP contribution in [0.2, 0.25) is 0 Å². The molecular formula is C34H20. The Morgan fingerprint density at radius 2 is 0.853 bits per heavy atom. The topological polar surface area (TPSA) is 0 Å². The molecule has 0 N–H and O–H groups in total. The maximum absolute atomic E-state index is 2.41. The fourth-order valence-corrected chi connectivity index (χ4v) is 5.97. The van der Waals surface area contributed by atoms with Gasteiger partial charge in [0.05, 0.1) is 0 Å². The van der Waals surface area contributed by atoms with Gasteiger partial charge < -0.3 is 0 Å². The molecule has 34 heavy (non-hydrogen) atoms. The first kappa shape index (κ1) is 18.1. The summed E-state index contributed by atoms with van der Waals surface area (Å²) < 4.78 is 0. The van der Waals surface area contributed by atoms with E-state index in [1.54, 1.807) is 0 Å². The molecule has 1 aliphatic rings. The third-order valence-corrected chi connectivity index (χ3v) is 7.51. The van der Waals surface area contributed by atoms with Gasteiger partial charge in [0.15, 0.2) is 0 Å². The average molecular weight is 429 g/mol. The zero-order chi connectivity index (χ0) is 22.2. The van der Waals surface area contributed by atoms with Gasteiger partial charge in [-0.15, -0.1) is 0 Å².